The summed E-state index contributed by atoms with van der Waals surface area (Å²) in [6.07, 6.45) is 0.720. The first-order valence-corrected chi connectivity index (χ1v) is 15.0. The van der Waals surface area contributed by atoms with E-state index in [1.54, 1.807) is 15.6 Å². The quantitative estimate of drug-likeness (QED) is 0.310. The van der Waals surface area contributed by atoms with Gasteiger partial charge >= 0.3 is 6.18 Å². The number of carbonyl (C=O) groups is 3. The summed E-state index contributed by atoms with van der Waals surface area (Å²) in [6, 6.07) is 3.17. The van der Waals surface area contributed by atoms with Gasteiger partial charge < -0.3 is 20.7 Å². The Morgan fingerprint density at radius 1 is 1.02 bits per heavy atom. The van der Waals surface area contributed by atoms with Crippen molar-refractivity contribution in [3.63, 3.8) is 0 Å². The van der Waals surface area contributed by atoms with Gasteiger partial charge in [0.05, 0.1) is 18.9 Å². The zero-order valence-corrected chi connectivity index (χ0v) is 24.7. The highest BCUT2D eigenvalue weighted by molar-refractivity contribution is 6.01. The molecule has 2 saturated carbocycles. The fourth-order valence-corrected chi connectivity index (χ4v) is 6.01. The Bertz CT molecular complexity index is 1340. The Morgan fingerprint density at radius 2 is 1.68 bits per heavy atom. The van der Waals surface area contributed by atoms with Crippen molar-refractivity contribution in [3.8, 4) is 0 Å². The van der Waals surface area contributed by atoms with E-state index in [0.717, 1.165) is 31.7 Å². The molecule has 0 spiro atoms. The van der Waals surface area contributed by atoms with Crippen LogP contribution in [-0.2, 0) is 14.3 Å². The Hall–Kier alpha value is -3.52. The van der Waals surface area contributed by atoms with Gasteiger partial charge in [-0.25, -0.2) is 4.39 Å². The number of nitrogens with one attached hydrogen (secondary N) is 3. The minimum Gasteiger partial charge on any atom is -0.379 e. The molecule has 2 atom stereocenters. The van der Waals surface area contributed by atoms with Crippen molar-refractivity contribution < 1.29 is 36.7 Å². The molecule has 3 amide bonds. The molecule has 2 heterocycles. The predicted octanol–water partition coefficient (Wildman–Crippen LogP) is 3.83. The van der Waals surface area contributed by atoms with Crippen LogP contribution in [0.25, 0.3) is 0 Å². The molecule has 3 aliphatic rings. The molecule has 14 heteroatoms. The van der Waals surface area contributed by atoms with Gasteiger partial charge in [0.1, 0.15) is 30.1 Å². The topological polar surface area (TPSA) is 118 Å². The number of alkyl halides is 3. The van der Waals surface area contributed by atoms with E-state index in [0.29, 0.717) is 5.69 Å². The molecule has 0 radical (unpaired) electrons. The Labute approximate surface area is 252 Å². The number of aromatic nitrogens is 2. The van der Waals surface area contributed by atoms with Gasteiger partial charge in [0.25, 0.3) is 5.91 Å². The molecular formula is C30H38F4N6O4. The van der Waals surface area contributed by atoms with E-state index < -0.39 is 48.3 Å². The van der Waals surface area contributed by atoms with Crippen LogP contribution in [0.2, 0.25) is 0 Å². The Morgan fingerprint density at radius 3 is 2.25 bits per heavy atom. The number of carbonyl (C=O) groups excluding carboxylic acids is 3. The van der Waals surface area contributed by atoms with Gasteiger partial charge in [-0.1, -0.05) is 6.07 Å². The van der Waals surface area contributed by atoms with Gasteiger partial charge in [0, 0.05) is 25.3 Å². The fraction of sp³-hybridized carbons (Fsp3) is 0.600. The van der Waals surface area contributed by atoms with Gasteiger partial charge in [0.15, 0.2) is 0 Å². The predicted molar refractivity (Wildman–Crippen MR) is 152 cm³/mol. The van der Waals surface area contributed by atoms with Crippen LogP contribution >= 0.6 is 0 Å². The lowest BCUT2D eigenvalue weighted by molar-refractivity contribution is -0.142. The molecular weight excluding hydrogens is 584 g/mol. The van der Waals surface area contributed by atoms with Crippen LogP contribution in [0.15, 0.2) is 30.5 Å². The van der Waals surface area contributed by atoms with Crippen molar-refractivity contribution in [3.05, 3.63) is 47.5 Å². The van der Waals surface area contributed by atoms with Crippen LogP contribution in [0.4, 0.5) is 23.2 Å². The molecule has 0 bridgehead atoms. The van der Waals surface area contributed by atoms with Gasteiger partial charge in [-0.05, 0) is 81.0 Å². The number of amides is 3. The first-order chi connectivity index (χ1) is 20.9. The molecule has 1 unspecified atom stereocenters. The summed E-state index contributed by atoms with van der Waals surface area (Å²) in [4.78, 5) is 41.6. The standard InChI is InChI=1S/C30H38F4N6O4/c1-17(2)40-23(9-10-36-40)27(41)38-25(24(18-3-4-18)19-5-6-19)28(42)37-22-8-7-20(15-21(22)31)26(39-11-13-44-14-12-39)29(43)35-16-30(32,33)34/h7-10,15,17-19,24-26H,3-6,11-14,16H2,1-2H3,(H,35,43)(H,37,42)(H,38,41)/t25-,26?/m0/s1. The lowest BCUT2D eigenvalue weighted by atomic mass is 9.88. The molecule has 2 aromatic rings. The van der Waals surface area contributed by atoms with Crippen molar-refractivity contribution >= 4 is 23.4 Å². The third-order valence-electron chi connectivity index (χ3n) is 8.37. The minimum atomic E-state index is -4.61. The van der Waals surface area contributed by atoms with Crippen LogP contribution in [0.3, 0.4) is 0 Å². The van der Waals surface area contributed by atoms with Crippen molar-refractivity contribution in [2.75, 3.05) is 38.2 Å². The maximum Gasteiger partial charge on any atom is 0.405 e. The third-order valence-corrected chi connectivity index (χ3v) is 8.37. The number of nitrogens with zero attached hydrogens (tertiary/aromatic N) is 3. The molecule has 44 heavy (non-hydrogen) atoms. The van der Waals surface area contributed by atoms with Crippen LogP contribution < -0.4 is 16.0 Å². The van der Waals surface area contributed by atoms with Gasteiger partial charge in [-0.3, -0.25) is 24.0 Å². The molecule has 1 aromatic heterocycles. The first-order valence-electron chi connectivity index (χ1n) is 15.0. The zero-order chi connectivity index (χ0) is 31.6. The number of rotatable bonds is 12. The molecule has 2 aliphatic carbocycles. The fourth-order valence-electron chi connectivity index (χ4n) is 6.01. The van der Waals surface area contributed by atoms with E-state index >= 15 is 4.39 Å². The van der Waals surface area contributed by atoms with E-state index in [1.165, 1.54) is 18.3 Å². The lowest BCUT2D eigenvalue weighted by Crippen LogP contribution is -2.50. The molecule has 1 aliphatic heterocycles. The molecule has 5 rings (SSSR count). The van der Waals surface area contributed by atoms with Crippen LogP contribution in [0.5, 0.6) is 0 Å². The van der Waals surface area contributed by atoms with E-state index in [2.05, 4.69) is 15.7 Å². The highest BCUT2D eigenvalue weighted by Crippen LogP contribution is 2.51. The second-order valence-corrected chi connectivity index (χ2v) is 12.1. The Kier molecular flexibility index (Phi) is 9.59. The largest absolute Gasteiger partial charge is 0.405 e. The molecule has 240 valence electrons. The Balaban J connectivity index is 1.36. The minimum absolute atomic E-state index is 0.0786. The molecule has 10 nitrogen and oxygen atoms in total. The van der Waals surface area contributed by atoms with Crippen LogP contribution in [0.1, 0.15) is 67.7 Å². The highest BCUT2D eigenvalue weighted by atomic mass is 19.4. The zero-order valence-electron chi connectivity index (χ0n) is 24.7. The molecule has 3 N–H and O–H groups in total. The summed E-state index contributed by atoms with van der Waals surface area (Å²) >= 11 is 0. The monoisotopic (exact) mass is 622 g/mol. The summed E-state index contributed by atoms with van der Waals surface area (Å²) in [5.74, 6) is -2.31. The van der Waals surface area contributed by atoms with Crippen LogP contribution in [0, 0.1) is 23.6 Å². The smallest absolute Gasteiger partial charge is 0.379 e. The van der Waals surface area contributed by atoms with Gasteiger partial charge in [-0.2, -0.15) is 18.3 Å². The van der Waals surface area contributed by atoms with Crippen molar-refractivity contribution in [2.45, 2.75) is 63.8 Å². The molecule has 1 saturated heterocycles. The lowest BCUT2D eigenvalue weighted by Gasteiger charge is -2.34. The second-order valence-electron chi connectivity index (χ2n) is 12.1. The normalized spacial score (nSPS) is 19.1. The van der Waals surface area contributed by atoms with Gasteiger partial charge in [0.2, 0.25) is 11.8 Å². The van der Waals surface area contributed by atoms with E-state index in [9.17, 15) is 27.6 Å². The average Bonchev–Trinajstić information content (AvgIpc) is 3.92. The summed E-state index contributed by atoms with van der Waals surface area (Å²) in [6.45, 7) is 3.34. The van der Waals surface area contributed by atoms with Crippen LogP contribution in [-0.4, -0.2) is 77.5 Å². The number of anilines is 1. The highest BCUT2D eigenvalue weighted by Gasteiger charge is 2.48. The summed E-state index contributed by atoms with van der Waals surface area (Å²) in [5.41, 5.74) is 0.298. The number of morpholine rings is 1. The summed E-state index contributed by atoms with van der Waals surface area (Å²) < 4.78 is 60.9. The van der Waals surface area contributed by atoms with Gasteiger partial charge in [-0.15, -0.1) is 0 Å². The van der Waals surface area contributed by atoms with Crippen molar-refractivity contribution in [1.29, 1.82) is 0 Å². The maximum atomic E-state index is 15.5. The third kappa shape index (κ3) is 7.76. The van der Waals surface area contributed by atoms with Crippen molar-refractivity contribution in [2.24, 2.45) is 17.8 Å². The average molecular weight is 623 g/mol. The number of hydrogen-bond acceptors (Lipinski definition) is 6. The number of benzene rings is 1. The van der Waals surface area contributed by atoms with E-state index in [4.69, 9.17) is 4.74 Å². The van der Waals surface area contributed by atoms with Crippen molar-refractivity contribution in [1.82, 2.24) is 25.3 Å². The van der Waals surface area contributed by atoms with E-state index in [-0.39, 0.29) is 61.3 Å². The molecule has 3 fully saturated rings. The number of hydrogen-bond donors (Lipinski definition) is 3. The summed E-state index contributed by atoms with van der Waals surface area (Å²) in [5, 5.41) is 11.7. The maximum absolute atomic E-state index is 15.5. The SMILES string of the molecule is CC(C)n1nccc1C(=O)N[C@H](C(=O)Nc1ccc(C(C(=O)NCC(F)(F)F)N2CCOCC2)cc1F)C(C1CC1)C1CC1. The van der Waals surface area contributed by atoms with E-state index in [1.807, 2.05) is 19.2 Å². The number of ether oxygens (including phenoxy) is 1. The molecule has 1 aromatic carbocycles. The first kappa shape index (κ1) is 31.9. The second kappa shape index (κ2) is 13.2. The number of halogens is 4. The summed E-state index contributed by atoms with van der Waals surface area (Å²) in [7, 11) is 0.